The third-order valence-electron chi connectivity index (χ3n) is 5.11. The van der Waals surface area contributed by atoms with Gasteiger partial charge in [0.15, 0.2) is 0 Å². The van der Waals surface area contributed by atoms with Crippen LogP contribution in [0, 0.1) is 23.2 Å². The predicted octanol–water partition coefficient (Wildman–Crippen LogP) is 4.33. The van der Waals surface area contributed by atoms with Crippen LogP contribution in [0.3, 0.4) is 0 Å². The van der Waals surface area contributed by atoms with Crippen LogP contribution in [-0.4, -0.2) is 36.3 Å². The monoisotopic (exact) mass is 421 g/mol. The summed E-state index contributed by atoms with van der Waals surface area (Å²) < 4.78 is 0. The molecule has 1 aliphatic rings. The van der Waals surface area contributed by atoms with Crippen LogP contribution in [0.25, 0.3) is 0 Å². The van der Waals surface area contributed by atoms with E-state index >= 15 is 0 Å². The SMILES string of the molecule is CC(C)CNC(=O)[C@@H]1CCCN(C(=O)c2ccccc2Sc2ccccc2C#N)C1. The zero-order valence-electron chi connectivity index (χ0n) is 17.4. The van der Waals surface area contributed by atoms with Crippen molar-refractivity contribution in [1.82, 2.24) is 10.2 Å². The molecular weight excluding hydrogens is 394 g/mol. The zero-order chi connectivity index (χ0) is 21.5. The summed E-state index contributed by atoms with van der Waals surface area (Å²) in [6.45, 7) is 5.88. The van der Waals surface area contributed by atoms with Crippen LogP contribution in [0.1, 0.15) is 42.6 Å². The van der Waals surface area contributed by atoms with Crippen LogP contribution < -0.4 is 5.32 Å². The molecule has 1 saturated heterocycles. The van der Waals surface area contributed by atoms with Gasteiger partial charge in [0.1, 0.15) is 6.07 Å². The first-order valence-corrected chi connectivity index (χ1v) is 11.1. The molecule has 0 unspecified atom stereocenters. The van der Waals surface area contributed by atoms with E-state index in [2.05, 4.69) is 25.2 Å². The minimum atomic E-state index is -0.166. The molecule has 1 aliphatic heterocycles. The first kappa shape index (κ1) is 21.9. The highest BCUT2D eigenvalue weighted by molar-refractivity contribution is 7.99. The Morgan fingerprint density at radius 3 is 2.60 bits per heavy atom. The zero-order valence-corrected chi connectivity index (χ0v) is 18.2. The largest absolute Gasteiger partial charge is 0.356 e. The van der Waals surface area contributed by atoms with E-state index in [1.807, 2.05) is 42.5 Å². The van der Waals surface area contributed by atoms with Crippen LogP contribution in [0.2, 0.25) is 0 Å². The molecule has 2 aromatic rings. The van der Waals surface area contributed by atoms with E-state index in [1.54, 1.807) is 11.0 Å². The number of nitriles is 1. The van der Waals surface area contributed by atoms with Gasteiger partial charge in [-0.3, -0.25) is 9.59 Å². The Balaban J connectivity index is 1.75. The van der Waals surface area contributed by atoms with E-state index in [0.717, 1.165) is 22.6 Å². The van der Waals surface area contributed by atoms with E-state index < -0.39 is 0 Å². The van der Waals surface area contributed by atoms with Crippen LogP contribution in [0.5, 0.6) is 0 Å². The molecule has 2 amide bonds. The average Bonchev–Trinajstić information content (AvgIpc) is 2.77. The highest BCUT2D eigenvalue weighted by Crippen LogP contribution is 2.33. The number of carbonyl (C=O) groups excluding carboxylic acids is 2. The molecule has 1 fully saturated rings. The van der Waals surface area contributed by atoms with Crippen molar-refractivity contribution in [3.05, 3.63) is 59.7 Å². The molecule has 1 N–H and O–H groups in total. The van der Waals surface area contributed by atoms with Gasteiger partial charge in [0.05, 0.1) is 17.0 Å². The first-order chi connectivity index (χ1) is 14.5. The van der Waals surface area contributed by atoms with Crippen molar-refractivity contribution in [2.45, 2.75) is 36.5 Å². The lowest BCUT2D eigenvalue weighted by molar-refractivity contribution is -0.126. The van der Waals surface area contributed by atoms with E-state index in [4.69, 9.17) is 0 Å². The normalized spacial score (nSPS) is 16.2. The fourth-order valence-electron chi connectivity index (χ4n) is 3.49. The Morgan fingerprint density at radius 1 is 1.17 bits per heavy atom. The van der Waals surface area contributed by atoms with Gasteiger partial charge in [-0.05, 0) is 43.0 Å². The molecule has 0 spiro atoms. The fourth-order valence-corrected chi connectivity index (χ4v) is 4.51. The van der Waals surface area contributed by atoms with Crippen LogP contribution in [-0.2, 0) is 4.79 Å². The minimum absolute atomic E-state index is 0.0341. The molecule has 0 saturated carbocycles. The van der Waals surface area contributed by atoms with Gasteiger partial charge < -0.3 is 10.2 Å². The molecule has 1 atom stereocenters. The molecule has 2 aromatic carbocycles. The van der Waals surface area contributed by atoms with Crippen molar-refractivity contribution in [1.29, 1.82) is 5.26 Å². The van der Waals surface area contributed by atoms with Gasteiger partial charge in [0, 0.05) is 29.4 Å². The second-order valence-electron chi connectivity index (χ2n) is 7.94. The summed E-state index contributed by atoms with van der Waals surface area (Å²) in [5.74, 6) is 0.205. The smallest absolute Gasteiger partial charge is 0.255 e. The third kappa shape index (κ3) is 5.43. The van der Waals surface area contributed by atoms with Gasteiger partial charge in [-0.1, -0.05) is 49.9 Å². The maximum absolute atomic E-state index is 13.3. The van der Waals surface area contributed by atoms with E-state index in [-0.39, 0.29) is 17.7 Å². The number of hydrogen-bond donors (Lipinski definition) is 1. The highest BCUT2D eigenvalue weighted by atomic mass is 32.2. The molecule has 5 nitrogen and oxygen atoms in total. The Morgan fingerprint density at radius 2 is 1.87 bits per heavy atom. The summed E-state index contributed by atoms with van der Waals surface area (Å²) in [6, 6.07) is 17.1. The molecule has 0 bridgehead atoms. The molecule has 156 valence electrons. The number of likely N-dealkylation sites (tertiary alicyclic amines) is 1. The third-order valence-corrected chi connectivity index (χ3v) is 6.26. The summed E-state index contributed by atoms with van der Waals surface area (Å²) in [5.41, 5.74) is 1.20. The predicted molar refractivity (Wildman–Crippen MR) is 118 cm³/mol. The van der Waals surface area contributed by atoms with Gasteiger partial charge >= 0.3 is 0 Å². The molecule has 0 aliphatic carbocycles. The van der Waals surface area contributed by atoms with Crippen molar-refractivity contribution in [3.8, 4) is 6.07 Å². The summed E-state index contributed by atoms with van der Waals surface area (Å²) in [6.07, 6.45) is 1.62. The summed E-state index contributed by atoms with van der Waals surface area (Å²) in [7, 11) is 0. The molecular formula is C24H27N3O2S. The Labute approximate surface area is 182 Å². The fraction of sp³-hybridized carbons (Fsp3) is 0.375. The van der Waals surface area contributed by atoms with E-state index in [0.29, 0.717) is 36.7 Å². The topological polar surface area (TPSA) is 73.2 Å². The van der Waals surface area contributed by atoms with Crippen LogP contribution >= 0.6 is 11.8 Å². The first-order valence-electron chi connectivity index (χ1n) is 10.3. The molecule has 0 radical (unpaired) electrons. The number of nitrogens with one attached hydrogen (secondary N) is 1. The average molecular weight is 422 g/mol. The maximum atomic E-state index is 13.3. The number of amides is 2. The van der Waals surface area contributed by atoms with Gasteiger partial charge in [-0.15, -0.1) is 0 Å². The Kier molecular flexibility index (Phi) is 7.53. The van der Waals surface area contributed by atoms with Gasteiger partial charge in [0.2, 0.25) is 5.91 Å². The molecule has 1 heterocycles. The second-order valence-corrected chi connectivity index (χ2v) is 9.02. The van der Waals surface area contributed by atoms with Crippen molar-refractivity contribution in [3.63, 3.8) is 0 Å². The lowest BCUT2D eigenvalue weighted by Crippen LogP contribution is -2.46. The number of rotatable bonds is 6. The van der Waals surface area contributed by atoms with E-state index in [1.165, 1.54) is 11.8 Å². The molecule has 0 aromatic heterocycles. The Hall–Kier alpha value is -2.78. The minimum Gasteiger partial charge on any atom is -0.356 e. The van der Waals surface area contributed by atoms with Crippen molar-refractivity contribution in [2.24, 2.45) is 11.8 Å². The second kappa shape index (κ2) is 10.3. The lowest BCUT2D eigenvalue weighted by Gasteiger charge is -2.32. The van der Waals surface area contributed by atoms with Gasteiger partial charge in [-0.25, -0.2) is 0 Å². The molecule has 30 heavy (non-hydrogen) atoms. The van der Waals surface area contributed by atoms with Gasteiger partial charge in [-0.2, -0.15) is 5.26 Å². The number of piperidine rings is 1. The van der Waals surface area contributed by atoms with E-state index in [9.17, 15) is 14.9 Å². The quantitative estimate of drug-likeness (QED) is 0.753. The molecule has 6 heteroatoms. The summed E-state index contributed by atoms with van der Waals surface area (Å²) in [5, 5.41) is 12.4. The van der Waals surface area contributed by atoms with Crippen molar-refractivity contribution >= 4 is 23.6 Å². The maximum Gasteiger partial charge on any atom is 0.255 e. The number of benzene rings is 2. The van der Waals surface area contributed by atoms with Crippen LogP contribution in [0.15, 0.2) is 58.3 Å². The number of carbonyl (C=O) groups is 2. The summed E-state index contributed by atoms with van der Waals surface area (Å²) >= 11 is 1.43. The van der Waals surface area contributed by atoms with Crippen molar-refractivity contribution < 1.29 is 9.59 Å². The van der Waals surface area contributed by atoms with Crippen LogP contribution in [0.4, 0.5) is 0 Å². The van der Waals surface area contributed by atoms with Crippen molar-refractivity contribution in [2.75, 3.05) is 19.6 Å². The number of nitrogens with zero attached hydrogens (tertiary/aromatic N) is 2. The van der Waals surface area contributed by atoms with Gasteiger partial charge in [0.25, 0.3) is 5.91 Å². The standard InChI is InChI=1S/C24H27N3O2S/c1-17(2)15-26-23(28)19-9-7-13-27(16-19)24(29)20-10-4-6-12-22(20)30-21-11-5-3-8-18(21)14-25/h3-6,8,10-12,17,19H,7,9,13,15-16H2,1-2H3,(H,26,28)/t19-/m1/s1. The highest BCUT2D eigenvalue weighted by Gasteiger charge is 2.29. The lowest BCUT2D eigenvalue weighted by atomic mass is 9.96. The summed E-state index contributed by atoms with van der Waals surface area (Å²) in [4.78, 5) is 29.2. The Bertz CT molecular complexity index is 951. The number of hydrogen-bond acceptors (Lipinski definition) is 4. The molecule has 3 rings (SSSR count).